The molecule has 0 bridgehead atoms. The summed E-state index contributed by atoms with van der Waals surface area (Å²) in [5.41, 5.74) is 0. The molecule has 112 valence electrons. The van der Waals surface area contributed by atoms with E-state index in [0.29, 0.717) is 6.42 Å². The van der Waals surface area contributed by atoms with Gasteiger partial charge in [-0.05, 0) is 25.7 Å². The first-order valence-electron chi connectivity index (χ1n) is 7.97. The SMILES string of the molecule is CCCCCCCC(=O)N1CCCC[C@H]1c1ncn[nH]1. The fourth-order valence-corrected chi connectivity index (χ4v) is 2.91. The van der Waals surface area contributed by atoms with E-state index in [9.17, 15) is 4.79 Å². The van der Waals surface area contributed by atoms with E-state index < -0.39 is 0 Å². The molecule has 0 saturated carbocycles. The molecule has 1 saturated heterocycles. The van der Waals surface area contributed by atoms with Crippen molar-refractivity contribution in [3.8, 4) is 0 Å². The summed E-state index contributed by atoms with van der Waals surface area (Å²) in [4.78, 5) is 18.6. The van der Waals surface area contributed by atoms with Gasteiger partial charge in [0.05, 0.1) is 6.04 Å². The van der Waals surface area contributed by atoms with Crippen molar-refractivity contribution in [3.05, 3.63) is 12.2 Å². The number of nitrogens with one attached hydrogen (secondary N) is 1. The summed E-state index contributed by atoms with van der Waals surface area (Å²) in [6.07, 6.45) is 11.4. The van der Waals surface area contributed by atoms with Gasteiger partial charge in [0.2, 0.25) is 5.91 Å². The quantitative estimate of drug-likeness (QED) is 0.779. The molecule has 20 heavy (non-hydrogen) atoms. The normalized spacial score (nSPS) is 19.2. The lowest BCUT2D eigenvalue weighted by Crippen LogP contribution is -2.38. The minimum absolute atomic E-state index is 0.106. The number of carbonyl (C=O) groups excluding carboxylic acids is 1. The van der Waals surface area contributed by atoms with E-state index >= 15 is 0 Å². The van der Waals surface area contributed by atoms with E-state index in [-0.39, 0.29) is 11.9 Å². The average Bonchev–Trinajstić information content (AvgIpc) is 3.01. The average molecular weight is 278 g/mol. The second-order valence-electron chi connectivity index (χ2n) is 5.63. The van der Waals surface area contributed by atoms with Crippen LogP contribution >= 0.6 is 0 Å². The Balaban J connectivity index is 1.83. The molecule has 5 nitrogen and oxygen atoms in total. The van der Waals surface area contributed by atoms with Crippen LogP contribution in [0, 0.1) is 0 Å². The number of hydrogen-bond acceptors (Lipinski definition) is 3. The van der Waals surface area contributed by atoms with Crippen LogP contribution in [-0.4, -0.2) is 32.5 Å². The van der Waals surface area contributed by atoms with Gasteiger partial charge in [0, 0.05) is 13.0 Å². The molecular formula is C15H26N4O. The van der Waals surface area contributed by atoms with Gasteiger partial charge in [-0.15, -0.1) is 0 Å². The molecule has 0 aliphatic carbocycles. The molecule has 1 aromatic heterocycles. The first-order valence-corrected chi connectivity index (χ1v) is 7.97. The van der Waals surface area contributed by atoms with E-state index in [1.165, 1.54) is 32.0 Å². The van der Waals surface area contributed by atoms with Crippen LogP contribution in [0.3, 0.4) is 0 Å². The van der Waals surface area contributed by atoms with E-state index in [0.717, 1.165) is 38.1 Å². The van der Waals surface area contributed by atoms with Crippen molar-refractivity contribution in [3.63, 3.8) is 0 Å². The van der Waals surface area contributed by atoms with Gasteiger partial charge in [0.15, 0.2) is 0 Å². The first kappa shape index (κ1) is 15.0. The zero-order valence-electron chi connectivity index (χ0n) is 12.5. The summed E-state index contributed by atoms with van der Waals surface area (Å²) < 4.78 is 0. The van der Waals surface area contributed by atoms with Gasteiger partial charge in [0.25, 0.3) is 0 Å². The van der Waals surface area contributed by atoms with E-state index in [2.05, 4.69) is 22.1 Å². The molecule has 1 aliphatic rings. The summed E-state index contributed by atoms with van der Waals surface area (Å²) in [6.45, 7) is 3.07. The topological polar surface area (TPSA) is 61.9 Å². The molecule has 1 aromatic rings. The van der Waals surface area contributed by atoms with Crippen molar-refractivity contribution in [2.75, 3.05) is 6.54 Å². The molecule has 0 unspecified atom stereocenters. The highest BCUT2D eigenvalue weighted by Gasteiger charge is 2.29. The molecule has 5 heteroatoms. The zero-order chi connectivity index (χ0) is 14.2. The molecule has 1 atom stereocenters. The van der Waals surface area contributed by atoms with E-state index in [1.54, 1.807) is 0 Å². The van der Waals surface area contributed by atoms with Crippen molar-refractivity contribution < 1.29 is 4.79 Å². The number of unbranched alkanes of at least 4 members (excludes halogenated alkanes) is 4. The Bertz CT molecular complexity index is 391. The van der Waals surface area contributed by atoms with Gasteiger partial charge in [0.1, 0.15) is 12.2 Å². The van der Waals surface area contributed by atoms with Crippen LogP contribution in [0.4, 0.5) is 0 Å². The second-order valence-corrected chi connectivity index (χ2v) is 5.63. The Labute approximate surface area is 121 Å². The van der Waals surface area contributed by atoms with E-state index in [4.69, 9.17) is 0 Å². The van der Waals surface area contributed by atoms with Crippen molar-refractivity contribution >= 4 is 5.91 Å². The van der Waals surface area contributed by atoms with Crippen LogP contribution < -0.4 is 0 Å². The number of nitrogens with zero attached hydrogens (tertiary/aromatic N) is 3. The van der Waals surface area contributed by atoms with Gasteiger partial charge >= 0.3 is 0 Å². The monoisotopic (exact) mass is 278 g/mol. The lowest BCUT2D eigenvalue weighted by Gasteiger charge is -2.34. The van der Waals surface area contributed by atoms with Gasteiger partial charge in [-0.3, -0.25) is 9.89 Å². The standard InChI is InChI=1S/C15H26N4O/c1-2-3-4-5-6-10-14(20)19-11-8-7-9-13(19)15-16-12-17-18-15/h12-13H,2-11H2,1H3,(H,16,17,18)/t13-/m0/s1. The fourth-order valence-electron chi connectivity index (χ4n) is 2.91. The van der Waals surface area contributed by atoms with Gasteiger partial charge in [-0.1, -0.05) is 32.6 Å². The minimum atomic E-state index is 0.106. The van der Waals surface area contributed by atoms with Crippen molar-refractivity contribution in [2.45, 2.75) is 70.8 Å². The van der Waals surface area contributed by atoms with Crippen LogP contribution in [0.1, 0.15) is 76.6 Å². The fraction of sp³-hybridized carbons (Fsp3) is 0.800. The second kappa shape index (κ2) is 8.02. The number of likely N-dealkylation sites (tertiary alicyclic amines) is 1. The minimum Gasteiger partial charge on any atom is -0.332 e. The third kappa shape index (κ3) is 4.05. The smallest absolute Gasteiger partial charge is 0.223 e. The number of H-pyrrole nitrogens is 1. The zero-order valence-corrected chi connectivity index (χ0v) is 12.5. The maximum atomic E-state index is 12.4. The summed E-state index contributed by atoms with van der Waals surface area (Å²) >= 11 is 0. The van der Waals surface area contributed by atoms with Crippen LogP contribution in [-0.2, 0) is 4.79 Å². The van der Waals surface area contributed by atoms with Crippen molar-refractivity contribution in [1.82, 2.24) is 20.1 Å². The summed E-state index contributed by atoms with van der Waals surface area (Å²) in [6, 6.07) is 0.106. The Morgan fingerprint density at radius 1 is 1.35 bits per heavy atom. The molecule has 0 aromatic carbocycles. The summed E-state index contributed by atoms with van der Waals surface area (Å²) in [5, 5.41) is 6.83. The van der Waals surface area contributed by atoms with Crippen LogP contribution in [0.25, 0.3) is 0 Å². The Hall–Kier alpha value is -1.39. The van der Waals surface area contributed by atoms with Crippen LogP contribution in [0.15, 0.2) is 6.33 Å². The van der Waals surface area contributed by atoms with Gasteiger partial charge in [-0.25, -0.2) is 4.98 Å². The third-order valence-electron chi connectivity index (χ3n) is 4.07. The predicted octanol–water partition coefficient (Wildman–Crippen LogP) is 3.22. The lowest BCUT2D eigenvalue weighted by atomic mass is 10.0. The number of hydrogen-bond donors (Lipinski definition) is 1. The highest BCUT2D eigenvalue weighted by atomic mass is 16.2. The Morgan fingerprint density at radius 2 is 2.20 bits per heavy atom. The molecular weight excluding hydrogens is 252 g/mol. The molecule has 1 aliphatic heterocycles. The Kier molecular flexibility index (Phi) is 6.02. The number of aromatic amines is 1. The molecule has 2 rings (SSSR count). The van der Waals surface area contributed by atoms with Gasteiger partial charge in [-0.2, -0.15) is 5.10 Å². The lowest BCUT2D eigenvalue weighted by molar-refractivity contribution is -0.135. The first-order chi connectivity index (χ1) is 9.83. The number of carbonyl (C=O) groups is 1. The number of aromatic nitrogens is 3. The number of amides is 1. The Morgan fingerprint density at radius 3 is 2.95 bits per heavy atom. The molecule has 0 radical (unpaired) electrons. The molecule has 2 heterocycles. The van der Waals surface area contributed by atoms with E-state index in [1.807, 2.05) is 4.90 Å². The van der Waals surface area contributed by atoms with Crippen molar-refractivity contribution in [1.29, 1.82) is 0 Å². The number of piperidine rings is 1. The van der Waals surface area contributed by atoms with Crippen molar-refractivity contribution in [2.24, 2.45) is 0 Å². The summed E-state index contributed by atoms with van der Waals surface area (Å²) in [5.74, 6) is 1.12. The molecule has 1 N–H and O–H groups in total. The van der Waals surface area contributed by atoms with Gasteiger partial charge < -0.3 is 4.90 Å². The predicted molar refractivity (Wildman–Crippen MR) is 78.1 cm³/mol. The highest BCUT2D eigenvalue weighted by molar-refractivity contribution is 5.76. The highest BCUT2D eigenvalue weighted by Crippen LogP contribution is 2.29. The molecule has 1 fully saturated rings. The largest absolute Gasteiger partial charge is 0.332 e. The maximum Gasteiger partial charge on any atom is 0.223 e. The number of rotatable bonds is 7. The maximum absolute atomic E-state index is 12.4. The summed E-state index contributed by atoms with van der Waals surface area (Å²) in [7, 11) is 0. The van der Waals surface area contributed by atoms with Crippen LogP contribution in [0.5, 0.6) is 0 Å². The van der Waals surface area contributed by atoms with Crippen LogP contribution in [0.2, 0.25) is 0 Å². The molecule has 0 spiro atoms. The molecule has 1 amide bonds. The third-order valence-corrected chi connectivity index (χ3v) is 4.07.